The van der Waals surface area contributed by atoms with Crippen LogP contribution >= 0.6 is 11.3 Å². The topological polar surface area (TPSA) is 123 Å². The van der Waals surface area contributed by atoms with Gasteiger partial charge in [-0.05, 0) is 6.07 Å². The number of aromatic nitrogens is 4. The van der Waals surface area contributed by atoms with Crippen LogP contribution in [0.3, 0.4) is 0 Å². The van der Waals surface area contributed by atoms with Crippen LogP contribution in [-0.2, 0) is 6.18 Å². The molecule has 14 heteroatoms. The molecule has 0 spiro atoms. The average Bonchev–Trinajstić information content (AvgIpc) is 3.17. The highest BCUT2D eigenvalue weighted by molar-refractivity contribution is 7.19. The van der Waals surface area contributed by atoms with Crippen molar-refractivity contribution >= 4 is 22.4 Å². The van der Waals surface area contributed by atoms with E-state index in [2.05, 4.69) is 25.3 Å². The zero-order valence-corrected chi connectivity index (χ0v) is 16.4. The fraction of sp³-hybridized carbons (Fsp3) is 0.176. The van der Waals surface area contributed by atoms with E-state index in [-0.39, 0.29) is 22.9 Å². The lowest BCUT2D eigenvalue weighted by Crippen LogP contribution is -2.16. The van der Waals surface area contributed by atoms with E-state index in [1.54, 1.807) is 0 Å². The number of ether oxygens (including phenoxy) is 2. The summed E-state index contributed by atoms with van der Waals surface area (Å²) in [5, 5.41) is 10.5. The number of nitrogens with one attached hydrogen (secondary N) is 1. The monoisotopic (exact) mass is 454 g/mol. The van der Waals surface area contributed by atoms with E-state index in [0.29, 0.717) is 11.3 Å². The van der Waals surface area contributed by atoms with E-state index >= 15 is 0 Å². The summed E-state index contributed by atoms with van der Waals surface area (Å²) in [7, 11) is 2.46. The second kappa shape index (κ2) is 8.48. The Morgan fingerprint density at radius 1 is 1.19 bits per heavy atom. The summed E-state index contributed by atoms with van der Waals surface area (Å²) in [6.07, 6.45) is -2.93. The van der Waals surface area contributed by atoms with Crippen molar-refractivity contribution in [1.82, 2.24) is 19.9 Å². The number of carbonyl (C=O) groups is 1. The van der Waals surface area contributed by atoms with Gasteiger partial charge in [-0.25, -0.2) is 24.3 Å². The normalized spacial score (nSPS) is 11.0. The van der Waals surface area contributed by atoms with E-state index in [9.17, 15) is 22.4 Å². The minimum absolute atomic E-state index is 0.171. The number of halogens is 4. The number of hydrogen-bond acceptors (Lipinski definition) is 9. The number of rotatable bonds is 5. The standard InChI is InChI=1S/C17H10F4N6O3S/c1-29-14-10(15(30-2)25-6-24-14)13(28)27-16-26-12(17(19,20)21)11(31-16)7-3-8(18)9(4-22)23-5-7/h3,5-6H,1-2H3,(H,26,27,28). The number of carbonyl (C=O) groups excluding carboxylic acids is 1. The smallest absolute Gasteiger partial charge is 0.434 e. The largest absolute Gasteiger partial charge is 0.480 e. The van der Waals surface area contributed by atoms with Gasteiger partial charge in [-0.15, -0.1) is 0 Å². The summed E-state index contributed by atoms with van der Waals surface area (Å²) in [6, 6.07) is 2.21. The van der Waals surface area contributed by atoms with Crippen molar-refractivity contribution in [3.63, 3.8) is 0 Å². The molecular formula is C17H10F4N6O3S. The minimum Gasteiger partial charge on any atom is -0.480 e. The summed E-state index contributed by atoms with van der Waals surface area (Å²) in [6.45, 7) is 0. The first-order valence-electron chi connectivity index (χ1n) is 8.08. The predicted molar refractivity (Wildman–Crippen MR) is 98.1 cm³/mol. The Bertz CT molecular complexity index is 1170. The van der Waals surface area contributed by atoms with Gasteiger partial charge in [0.15, 0.2) is 27.9 Å². The molecule has 1 N–H and O–H groups in total. The molecule has 0 aliphatic carbocycles. The highest BCUT2D eigenvalue weighted by Gasteiger charge is 2.38. The number of anilines is 1. The summed E-state index contributed by atoms with van der Waals surface area (Å²) >= 11 is 0.436. The zero-order valence-electron chi connectivity index (χ0n) is 15.6. The van der Waals surface area contributed by atoms with Crippen molar-refractivity contribution in [3.05, 3.63) is 41.4 Å². The average molecular weight is 454 g/mol. The second-order valence-corrected chi connectivity index (χ2v) is 6.58. The molecule has 0 saturated carbocycles. The predicted octanol–water partition coefficient (Wildman–Crippen LogP) is 3.29. The van der Waals surface area contributed by atoms with Gasteiger partial charge in [0.1, 0.15) is 12.4 Å². The third-order valence-corrected chi connectivity index (χ3v) is 4.74. The summed E-state index contributed by atoms with van der Waals surface area (Å²) < 4.78 is 64.3. The molecule has 3 rings (SSSR count). The molecule has 0 aromatic carbocycles. The van der Waals surface area contributed by atoms with Crippen molar-refractivity contribution in [2.45, 2.75) is 6.18 Å². The van der Waals surface area contributed by atoms with Crippen molar-refractivity contribution < 1.29 is 31.8 Å². The van der Waals surface area contributed by atoms with E-state index in [1.165, 1.54) is 20.3 Å². The van der Waals surface area contributed by atoms with Gasteiger partial charge in [-0.2, -0.15) is 18.4 Å². The Morgan fingerprint density at radius 3 is 2.35 bits per heavy atom. The number of hydrogen-bond donors (Lipinski definition) is 1. The van der Waals surface area contributed by atoms with Gasteiger partial charge in [0.05, 0.1) is 19.1 Å². The fourth-order valence-corrected chi connectivity index (χ4v) is 3.38. The molecule has 9 nitrogen and oxygen atoms in total. The van der Waals surface area contributed by atoms with Crippen LogP contribution in [0.25, 0.3) is 10.4 Å². The second-order valence-electron chi connectivity index (χ2n) is 5.58. The minimum atomic E-state index is -4.91. The molecule has 1 amide bonds. The number of amides is 1. The first-order chi connectivity index (χ1) is 14.7. The first kappa shape index (κ1) is 21.8. The van der Waals surface area contributed by atoms with E-state index in [1.807, 2.05) is 0 Å². The van der Waals surface area contributed by atoms with Crippen LogP contribution in [0.1, 0.15) is 21.7 Å². The number of nitriles is 1. The molecular weight excluding hydrogens is 444 g/mol. The quantitative estimate of drug-likeness (QED) is 0.583. The lowest BCUT2D eigenvalue weighted by atomic mass is 10.2. The maximum atomic E-state index is 13.9. The van der Waals surface area contributed by atoms with Gasteiger partial charge in [0.2, 0.25) is 11.8 Å². The molecule has 3 aromatic rings. The van der Waals surface area contributed by atoms with Crippen molar-refractivity contribution in [2.75, 3.05) is 19.5 Å². The number of alkyl halides is 3. The van der Waals surface area contributed by atoms with Gasteiger partial charge in [0, 0.05) is 11.8 Å². The van der Waals surface area contributed by atoms with Gasteiger partial charge >= 0.3 is 6.18 Å². The molecule has 3 heterocycles. The van der Waals surface area contributed by atoms with Crippen LogP contribution in [0.15, 0.2) is 18.6 Å². The Balaban J connectivity index is 2.04. The highest BCUT2D eigenvalue weighted by Crippen LogP contribution is 2.42. The SMILES string of the molecule is COc1ncnc(OC)c1C(=O)Nc1nc(C(F)(F)F)c(-c2cnc(C#N)c(F)c2)s1. The summed E-state index contributed by atoms with van der Waals surface area (Å²) in [4.78, 5) is 26.6. The molecule has 0 aliphatic heterocycles. The third-order valence-electron chi connectivity index (χ3n) is 3.72. The van der Waals surface area contributed by atoms with Gasteiger partial charge in [0.25, 0.3) is 5.91 Å². The number of methoxy groups -OCH3 is 2. The van der Waals surface area contributed by atoms with Crippen LogP contribution < -0.4 is 14.8 Å². The van der Waals surface area contributed by atoms with E-state index in [4.69, 9.17) is 14.7 Å². The Hall–Kier alpha value is -3.86. The summed E-state index contributed by atoms with van der Waals surface area (Å²) in [5.74, 6) is -2.37. The molecule has 0 radical (unpaired) electrons. The zero-order chi connectivity index (χ0) is 22.8. The maximum Gasteiger partial charge on any atom is 0.434 e. The number of nitrogens with zero attached hydrogens (tertiary/aromatic N) is 5. The number of thiazole rings is 1. The van der Waals surface area contributed by atoms with Crippen molar-refractivity contribution in [3.8, 4) is 28.3 Å². The van der Waals surface area contributed by atoms with E-state index < -0.39 is 39.3 Å². The summed E-state index contributed by atoms with van der Waals surface area (Å²) in [5.41, 5.74) is -2.45. The van der Waals surface area contributed by atoms with Gasteiger partial charge in [-0.1, -0.05) is 11.3 Å². The Kier molecular flexibility index (Phi) is 5.97. The molecule has 0 atom stereocenters. The van der Waals surface area contributed by atoms with Crippen LogP contribution in [0.5, 0.6) is 11.8 Å². The Labute approximate surface area is 175 Å². The molecule has 0 unspecified atom stereocenters. The molecule has 0 saturated heterocycles. The van der Waals surface area contributed by atoms with E-state index in [0.717, 1.165) is 18.6 Å². The van der Waals surface area contributed by atoms with Gasteiger partial charge < -0.3 is 9.47 Å². The van der Waals surface area contributed by atoms with Crippen LogP contribution in [-0.4, -0.2) is 40.1 Å². The third kappa shape index (κ3) is 4.36. The molecule has 160 valence electrons. The lowest BCUT2D eigenvalue weighted by Gasteiger charge is -2.09. The highest BCUT2D eigenvalue weighted by atomic mass is 32.1. The lowest BCUT2D eigenvalue weighted by molar-refractivity contribution is -0.140. The molecule has 0 fully saturated rings. The first-order valence-corrected chi connectivity index (χ1v) is 8.89. The van der Waals surface area contributed by atoms with Gasteiger partial charge in [-0.3, -0.25) is 10.1 Å². The Morgan fingerprint density at radius 2 is 1.84 bits per heavy atom. The molecule has 31 heavy (non-hydrogen) atoms. The molecule has 0 aliphatic rings. The van der Waals surface area contributed by atoms with Crippen molar-refractivity contribution in [2.24, 2.45) is 0 Å². The fourth-order valence-electron chi connectivity index (χ4n) is 2.42. The van der Waals surface area contributed by atoms with Crippen LogP contribution in [0.2, 0.25) is 0 Å². The van der Waals surface area contributed by atoms with Crippen molar-refractivity contribution in [1.29, 1.82) is 5.26 Å². The number of pyridine rings is 1. The molecule has 3 aromatic heterocycles. The molecule has 0 bridgehead atoms. The van der Waals surface area contributed by atoms with Crippen LogP contribution in [0, 0.1) is 17.1 Å². The maximum absolute atomic E-state index is 13.9. The van der Waals surface area contributed by atoms with Crippen LogP contribution in [0.4, 0.5) is 22.7 Å².